The van der Waals surface area contributed by atoms with Gasteiger partial charge in [0.1, 0.15) is 5.01 Å². The topological polar surface area (TPSA) is 87.1 Å². The maximum absolute atomic E-state index is 12.2. The van der Waals surface area contributed by atoms with Crippen molar-refractivity contribution in [2.45, 2.75) is 57.8 Å². The number of aliphatic hydroxyl groups excluding tert-OH is 1. The normalized spacial score (nSPS) is 20.4. The Kier molecular flexibility index (Phi) is 6.12. The molecular weight excluding hydrogens is 336 g/mol. The molecule has 2 aromatic rings. The Bertz CT molecular complexity index is 701. The molecule has 0 spiro atoms. The van der Waals surface area contributed by atoms with E-state index in [9.17, 15) is 9.90 Å². The van der Waals surface area contributed by atoms with Crippen molar-refractivity contribution < 1.29 is 9.90 Å². The number of aromatic nitrogens is 2. The summed E-state index contributed by atoms with van der Waals surface area (Å²) in [5, 5.41) is 25.4. The van der Waals surface area contributed by atoms with E-state index in [1.807, 2.05) is 31.2 Å². The van der Waals surface area contributed by atoms with Gasteiger partial charge in [-0.25, -0.2) is 0 Å². The van der Waals surface area contributed by atoms with Gasteiger partial charge >= 0.3 is 0 Å². The van der Waals surface area contributed by atoms with E-state index in [0.29, 0.717) is 18.1 Å². The smallest absolute Gasteiger partial charge is 0.282 e. The van der Waals surface area contributed by atoms with Crippen molar-refractivity contribution in [1.82, 2.24) is 20.8 Å². The van der Waals surface area contributed by atoms with Gasteiger partial charge in [0.2, 0.25) is 5.01 Å². The van der Waals surface area contributed by atoms with Crippen molar-refractivity contribution in [2.24, 2.45) is 0 Å². The third-order valence-corrected chi connectivity index (χ3v) is 5.40. The second kappa shape index (κ2) is 8.51. The number of carbonyl (C=O) groups is 1. The van der Waals surface area contributed by atoms with Crippen molar-refractivity contribution in [1.29, 1.82) is 0 Å². The number of rotatable bonds is 6. The highest BCUT2D eigenvalue weighted by molar-refractivity contribution is 7.13. The number of nitrogens with zero attached hydrogens (tertiary/aromatic N) is 2. The Morgan fingerprint density at radius 3 is 2.72 bits per heavy atom. The lowest BCUT2D eigenvalue weighted by Crippen LogP contribution is -2.41. The summed E-state index contributed by atoms with van der Waals surface area (Å²) >= 11 is 1.29. The number of carbonyl (C=O) groups excluding carboxylic acids is 1. The summed E-state index contributed by atoms with van der Waals surface area (Å²) in [5.74, 6) is -0.206. The van der Waals surface area contributed by atoms with Gasteiger partial charge in [0.25, 0.3) is 5.91 Å². The van der Waals surface area contributed by atoms with Gasteiger partial charge in [-0.1, -0.05) is 54.0 Å². The van der Waals surface area contributed by atoms with Crippen molar-refractivity contribution in [3.63, 3.8) is 0 Å². The Morgan fingerprint density at radius 2 is 1.96 bits per heavy atom. The average molecular weight is 360 g/mol. The first-order valence-corrected chi connectivity index (χ1v) is 9.51. The fraction of sp³-hybridized carbons (Fsp3) is 0.500. The fourth-order valence-electron chi connectivity index (χ4n) is 2.95. The Hall–Kier alpha value is -1.83. The van der Waals surface area contributed by atoms with Crippen molar-refractivity contribution in [3.8, 4) is 0 Å². The highest BCUT2D eigenvalue weighted by Gasteiger charge is 2.23. The number of hydrogen-bond acceptors (Lipinski definition) is 6. The first kappa shape index (κ1) is 18.0. The van der Waals surface area contributed by atoms with E-state index < -0.39 is 0 Å². The fourth-order valence-corrected chi connectivity index (χ4v) is 3.66. The molecule has 0 radical (unpaired) electrons. The molecule has 0 aliphatic heterocycles. The maximum atomic E-state index is 12.2. The largest absolute Gasteiger partial charge is 0.392 e. The van der Waals surface area contributed by atoms with Crippen molar-refractivity contribution in [2.75, 3.05) is 0 Å². The van der Waals surface area contributed by atoms with Gasteiger partial charge in [-0.2, -0.15) is 0 Å². The van der Waals surface area contributed by atoms with Gasteiger partial charge in [-0.3, -0.25) is 4.79 Å². The molecule has 3 rings (SSSR count). The molecule has 1 amide bonds. The SMILES string of the molecule is Cc1ccc(CNC(=O)c2nnc(CNC3CCCCC3O)s2)cc1. The summed E-state index contributed by atoms with van der Waals surface area (Å²) in [5.41, 5.74) is 2.25. The molecule has 2 unspecified atom stereocenters. The minimum absolute atomic E-state index is 0.108. The van der Waals surface area contributed by atoms with E-state index >= 15 is 0 Å². The van der Waals surface area contributed by atoms with Gasteiger partial charge < -0.3 is 15.7 Å². The molecule has 3 N–H and O–H groups in total. The number of benzene rings is 1. The van der Waals surface area contributed by atoms with Crippen LogP contribution in [-0.4, -0.2) is 33.4 Å². The van der Waals surface area contributed by atoms with Crippen LogP contribution in [0.4, 0.5) is 0 Å². The van der Waals surface area contributed by atoms with Gasteiger partial charge in [-0.05, 0) is 25.3 Å². The lowest BCUT2D eigenvalue weighted by molar-refractivity contribution is 0.0902. The summed E-state index contributed by atoms with van der Waals surface area (Å²) in [6.07, 6.45) is 3.75. The van der Waals surface area contributed by atoms with Gasteiger partial charge in [0.15, 0.2) is 0 Å². The van der Waals surface area contributed by atoms with E-state index in [0.717, 1.165) is 36.3 Å². The van der Waals surface area contributed by atoms with Crippen LogP contribution in [0.1, 0.15) is 51.6 Å². The number of aryl methyl sites for hydroxylation is 1. The zero-order valence-electron chi connectivity index (χ0n) is 14.4. The molecule has 134 valence electrons. The molecule has 1 heterocycles. The zero-order chi connectivity index (χ0) is 17.6. The predicted molar refractivity (Wildman–Crippen MR) is 97.4 cm³/mol. The lowest BCUT2D eigenvalue weighted by Gasteiger charge is -2.28. The van der Waals surface area contributed by atoms with E-state index in [2.05, 4.69) is 20.8 Å². The van der Waals surface area contributed by atoms with E-state index in [1.54, 1.807) is 0 Å². The van der Waals surface area contributed by atoms with Crippen LogP contribution in [0.3, 0.4) is 0 Å². The van der Waals surface area contributed by atoms with Crippen LogP contribution in [0, 0.1) is 6.92 Å². The lowest BCUT2D eigenvalue weighted by atomic mass is 9.93. The zero-order valence-corrected chi connectivity index (χ0v) is 15.2. The van der Waals surface area contributed by atoms with Crippen molar-refractivity contribution in [3.05, 3.63) is 45.4 Å². The highest BCUT2D eigenvalue weighted by Crippen LogP contribution is 2.19. The second-order valence-electron chi connectivity index (χ2n) is 6.51. The Labute approximate surface area is 151 Å². The van der Waals surface area contributed by atoms with E-state index in [-0.39, 0.29) is 18.1 Å². The first-order valence-electron chi connectivity index (χ1n) is 8.69. The van der Waals surface area contributed by atoms with E-state index in [1.165, 1.54) is 16.9 Å². The van der Waals surface area contributed by atoms with Crippen LogP contribution in [0.15, 0.2) is 24.3 Å². The quantitative estimate of drug-likeness (QED) is 0.735. The molecular formula is C18H24N4O2S. The number of amides is 1. The predicted octanol–water partition coefficient (Wildman–Crippen LogP) is 2.17. The monoisotopic (exact) mass is 360 g/mol. The summed E-state index contributed by atoms with van der Waals surface area (Å²) in [4.78, 5) is 12.2. The molecule has 2 atom stereocenters. The summed E-state index contributed by atoms with van der Waals surface area (Å²) in [6, 6.07) is 8.16. The second-order valence-corrected chi connectivity index (χ2v) is 7.57. The van der Waals surface area contributed by atoms with Crippen LogP contribution in [0.2, 0.25) is 0 Å². The number of hydrogen-bond donors (Lipinski definition) is 3. The molecule has 1 aromatic heterocycles. The number of nitrogens with one attached hydrogen (secondary N) is 2. The minimum Gasteiger partial charge on any atom is -0.392 e. The first-order chi connectivity index (χ1) is 12.1. The summed E-state index contributed by atoms with van der Waals surface area (Å²) < 4.78 is 0. The van der Waals surface area contributed by atoms with Crippen LogP contribution in [-0.2, 0) is 13.1 Å². The molecule has 1 saturated carbocycles. The van der Waals surface area contributed by atoms with Gasteiger partial charge in [0, 0.05) is 12.6 Å². The molecule has 0 bridgehead atoms. The van der Waals surface area contributed by atoms with Crippen LogP contribution < -0.4 is 10.6 Å². The Balaban J connectivity index is 1.48. The van der Waals surface area contributed by atoms with Gasteiger partial charge in [0.05, 0.1) is 12.6 Å². The minimum atomic E-state index is -0.293. The summed E-state index contributed by atoms with van der Waals surface area (Å²) in [7, 11) is 0. The Morgan fingerprint density at radius 1 is 1.20 bits per heavy atom. The molecule has 1 aliphatic rings. The summed E-state index contributed by atoms with van der Waals surface area (Å²) in [6.45, 7) is 3.04. The maximum Gasteiger partial charge on any atom is 0.282 e. The average Bonchev–Trinajstić information content (AvgIpc) is 3.09. The molecule has 1 aromatic carbocycles. The van der Waals surface area contributed by atoms with Crippen LogP contribution >= 0.6 is 11.3 Å². The highest BCUT2D eigenvalue weighted by atomic mass is 32.1. The molecule has 7 heteroatoms. The molecule has 25 heavy (non-hydrogen) atoms. The molecule has 0 saturated heterocycles. The third kappa shape index (κ3) is 5.07. The van der Waals surface area contributed by atoms with E-state index in [4.69, 9.17) is 0 Å². The van der Waals surface area contributed by atoms with Crippen molar-refractivity contribution >= 4 is 17.2 Å². The van der Waals surface area contributed by atoms with Gasteiger partial charge in [-0.15, -0.1) is 10.2 Å². The van der Waals surface area contributed by atoms with Crippen LogP contribution in [0.5, 0.6) is 0 Å². The molecule has 1 aliphatic carbocycles. The molecule has 1 fully saturated rings. The standard InChI is InChI=1S/C18H24N4O2S/c1-12-6-8-13(9-7-12)10-20-17(24)18-22-21-16(25-18)11-19-14-4-2-3-5-15(14)23/h6-9,14-15,19,23H,2-5,10-11H2,1H3,(H,20,24). The van der Waals surface area contributed by atoms with Crippen LogP contribution in [0.25, 0.3) is 0 Å². The number of aliphatic hydroxyl groups is 1. The third-order valence-electron chi connectivity index (χ3n) is 4.48. The molecule has 6 nitrogen and oxygen atoms in total.